The number of nitriles is 1. The molecule has 12 heavy (non-hydrogen) atoms. The molecule has 0 saturated carbocycles. The van der Waals surface area contributed by atoms with E-state index in [1.807, 2.05) is 6.92 Å². The number of aromatic nitrogens is 3. The molecule has 0 radical (unpaired) electrons. The molecule has 1 atom stereocenters. The highest BCUT2D eigenvalue weighted by atomic mass is 15.5. The predicted molar refractivity (Wildman–Crippen MR) is 44.0 cm³/mol. The molecule has 0 fully saturated rings. The zero-order valence-corrected chi connectivity index (χ0v) is 6.94. The molecule has 1 aromatic heterocycles. The third-order valence-corrected chi connectivity index (χ3v) is 1.59. The maximum atomic E-state index is 8.34. The van der Waals surface area contributed by atoms with Gasteiger partial charge >= 0.3 is 0 Å². The van der Waals surface area contributed by atoms with Crippen LogP contribution in [-0.2, 0) is 0 Å². The van der Waals surface area contributed by atoms with Gasteiger partial charge in [0, 0.05) is 6.42 Å². The Kier molecular flexibility index (Phi) is 2.64. The second kappa shape index (κ2) is 3.72. The maximum Gasteiger partial charge on any atom is 0.165 e. The van der Waals surface area contributed by atoms with E-state index in [9.17, 15) is 0 Å². The van der Waals surface area contributed by atoms with Crippen LogP contribution in [0.25, 0.3) is 0 Å². The van der Waals surface area contributed by atoms with Gasteiger partial charge in [-0.15, -0.1) is 5.10 Å². The second-order valence-corrected chi connectivity index (χ2v) is 2.64. The fraction of sp³-hybridized carbons (Fsp3) is 0.571. The molecule has 0 spiro atoms. The van der Waals surface area contributed by atoms with E-state index in [4.69, 9.17) is 11.0 Å². The Labute approximate surface area is 70.8 Å². The summed E-state index contributed by atoms with van der Waals surface area (Å²) in [6, 6.07) is 2.22. The largest absolute Gasteiger partial charge is 0.381 e. The van der Waals surface area contributed by atoms with Crippen molar-refractivity contribution in [3.63, 3.8) is 0 Å². The van der Waals surface area contributed by atoms with Crippen molar-refractivity contribution in [1.29, 1.82) is 5.26 Å². The fourth-order valence-electron chi connectivity index (χ4n) is 0.890. The van der Waals surface area contributed by atoms with E-state index in [0.717, 1.165) is 6.42 Å². The van der Waals surface area contributed by atoms with Crippen LogP contribution in [0, 0.1) is 11.3 Å². The van der Waals surface area contributed by atoms with Crippen molar-refractivity contribution in [1.82, 2.24) is 15.0 Å². The van der Waals surface area contributed by atoms with Crippen molar-refractivity contribution in [2.75, 3.05) is 5.73 Å². The van der Waals surface area contributed by atoms with E-state index in [1.54, 1.807) is 0 Å². The van der Waals surface area contributed by atoms with Crippen molar-refractivity contribution in [2.45, 2.75) is 25.8 Å². The summed E-state index contributed by atoms with van der Waals surface area (Å²) in [5.41, 5.74) is 5.39. The standard InChI is InChI=1S/C7H11N5/c1-6(3-2-4-8)12-10-5-7(9)11-12/h5-6H,2-3H2,1H3,(H2,9,11). The molecule has 0 aliphatic rings. The Balaban J connectivity index is 2.54. The number of anilines is 1. The summed E-state index contributed by atoms with van der Waals surface area (Å²) in [6.07, 6.45) is 2.77. The Morgan fingerprint density at radius 3 is 3.08 bits per heavy atom. The monoisotopic (exact) mass is 165 g/mol. The molecule has 0 aliphatic carbocycles. The normalized spacial score (nSPS) is 12.3. The highest BCUT2D eigenvalue weighted by molar-refractivity contribution is 5.19. The van der Waals surface area contributed by atoms with Crippen LogP contribution in [0.1, 0.15) is 25.8 Å². The van der Waals surface area contributed by atoms with Gasteiger partial charge in [-0.25, -0.2) is 0 Å². The third-order valence-electron chi connectivity index (χ3n) is 1.59. The van der Waals surface area contributed by atoms with E-state index >= 15 is 0 Å². The Bertz CT molecular complexity index is 284. The molecule has 5 nitrogen and oxygen atoms in total. The summed E-state index contributed by atoms with van der Waals surface area (Å²) in [4.78, 5) is 1.53. The summed E-state index contributed by atoms with van der Waals surface area (Å²) in [5.74, 6) is 0.416. The molecule has 0 aliphatic heterocycles. The van der Waals surface area contributed by atoms with E-state index in [1.165, 1.54) is 11.0 Å². The molecular weight excluding hydrogens is 154 g/mol. The van der Waals surface area contributed by atoms with Crippen LogP contribution in [-0.4, -0.2) is 15.0 Å². The number of hydrogen-bond donors (Lipinski definition) is 1. The number of hydrogen-bond acceptors (Lipinski definition) is 4. The summed E-state index contributed by atoms with van der Waals surface area (Å²) >= 11 is 0. The number of nitrogens with zero attached hydrogens (tertiary/aromatic N) is 4. The van der Waals surface area contributed by atoms with Crippen LogP contribution in [0.15, 0.2) is 6.20 Å². The molecule has 0 aromatic carbocycles. The topological polar surface area (TPSA) is 80.5 Å². The van der Waals surface area contributed by atoms with Gasteiger partial charge in [0.25, 0.3) is 0 Å². The molecule has 0 amide bonds. The molecule has 0 bridgehead atoms. The van der Waals surface area contributed by atoms with E-state index in [2.05, 4.69) is 16.3 Å². The lowest BCUT2D eigenvalue weighted by Gasteiger charge is -2.06. The molecule has 0 saturated heterocycles. The van der Waals surface area contributed by atoms with Gasteiger partial charge in [0.15, 0.2) is 5.82 Å². The predicted octanol–water partition coefficient (Wildman–Crippen LogP) is 0.725. The minimum Gasteiger partial charge on any atom is -0.381 e. The summed E-state index contributed by atoms with van der Waals surface area (Å²) in [5, 5.41) is 16.2. The number of nitrogens with two attached hydrogens (primary N) is 1. The van der Waals surface area contributed by atoms with E-state index in [-0.39, 0.29) is 6.04 Å². The van der Waals surface area contributed by atoms with E-state index < -0.39 is 0 Å². The first kappa shape index (κ1) is 8.53. The van der Waals surface area contributed by atoms with Gasteiger partial charge in [0.1, 0.15) is 0 Å². The number of rotatable bonds is 3. The van der Waals surface area contributed by atoms with Gasteiger partial charge in [-0.3, -0.25) is 0 Å². The molecule has 1 heterocycles. The van der Waals surface area contributed by atoms with Crippen molar-refractivity contribution in [3.8, 4) is 6.07 Å². The van der Waals surface area contributed by atoms with Crippen molar-refractivity contribution >= 4 is 5.82 Å². The third kappa shape index (κ3) is 1.95. The Morgan fingerprint density at radius 2 is 2.58 bits per heavy atom. The minimum absolute atomic E-state index is 0.141. The molecule has 1 aromatic rings. The van der Waals surface area contributed by atoms with Gasteiger partial charge in [-0.1, -0.05) is 0 Å². The van der Waals surface area contributed by atoms with Gasteiger partial charge < -0.3 is 5.73 Å². The van der Waals surface area contributed by atoms with Crippen LogP contribution in [0.4, 0.5) is 5.82 Å². The molecule has 1 rings (SSSR count). The maximum absolute atomic E-state index is 8.34. The fourth-order valence-corrected chi connectivity index (χ4v) is 0.890. The average molecular weight is 165 g/mol. The summed E-state index contributed by atoms with van der Waals surface area (Å²) < 4.78 is 0. The average Bonchev–Trinajstić information content (AvgIpc) is 2.47. The first-order valence-electron chi connectivity index (χ1n) is 3.78. The van der Waals surface area contributed by atoms with Crippen LogP contribution < -0.4 is 5.73 Å². The van der Waals surface area contributed by atoms with Crippen LogP contribution in [0.2, 0.25) is 0 Å². The highest BCUT2D eigenvalue weighted by Gasteiger charge is 2.05. The molecular formula is C7H11N5. The van der Waals surface area contributed by atoms with E-state index in [0.29, 0.717) is 12.2 Å². The van der Waals surface area contributed by atoms with Gasteiger partial charge in [-0.05, 0) is 13.3 Å². The minimum atomic E-state index is 0.141. The van der Waals surface area contributed by atoms with Crippen LogP contribution >= 0.6 is 0 Å². The molecule has 5 heteroatoms. The highest BCUT2D eigenvalue weighted by Crippen LogP contribution is 2.09. The molecule has 64 valence electrons. The second-order valence-electron chi connectivity index (χ2n) is 2.64. The Morgan fingerprint density at radius 1 is 1.83 bits per heavy atom. The summed E-state index contributed by atoms with van der Waals surface area (Å²) in [6.45, 7) is 1.96. The summed E-state index contributed by atoms with van der Waals surface area (Å²) in [7, 11) is 0. The smallest absolute Gasteiger partial charge is 0.165 e. The first-order chi connectivity index (χ1) is 5.74. The molecule has 2 N–H and O–H groups in total. The zero-order valence-electron chi connectivity index (χ0n) is 6.94. The van der Waals surface area contributed by atoms with Gasteiger partial charge in [0.2, 0.25) is 0 Å². The Hall–Kier alpha value is -1.57. The lowest BCUT2D eigenvalue weighted by molar-refractivity contribution is 0.414. The van der Waals surface area contributed by atoms with Gasteiger partial charge in [0.05, 0.1) is 18.3 Å². The quantitative estimate of drug-likeness (QED) is 0.715. The zero-order chi connectivity index (χ0) is 8.97. The van der Waals surface area contributed by atoms with Crippen molar-refractivity contribution < 1.29 is 0 Å². The molecule has 1 unspecified atom stereocenters. The first-order valence-corrected chi connectivity index (χ1v) is 3.78. The van der Waals surface area contributed by atoms with Crippen molar-refractivity contribution in [2.24, 2.45) is 0 Å². The van der Waals surface area contributed by atoms with Crippen LogP contribution in [0.5, 0.6) is 0 Å². The lowest BCUT2D eigenvalue weighted by Crippen LogP contribution is -2.08. The lowest BCUT2D eigenvalue weighted by atomic mass is 10.2. The van der Waals surface area contributed by atoms with Gasteiger partial charge in [-0.2, -0.15) is 15.2 Å². The van der Waals surface area contributed by atoms with Crippen molar-refractivity contribution in [3.05, 3.63) is 6.20 Å². The van der Waals surface area contributed by atoms with Crippen LogP contribution in [0.3, 0.4) is 0 Å². The SMILES string of the molecule is CC(CCC#N)n1ncc(N)n1. The number of nitrogen functional groups attached to an aromatic ring is 1.